The summed E-state index contributed by atoms with van der Waals surface area (Å²) in [4.78, 5) is 9.08. The molecule has 35 heavy (non-hydrogen) atoms. The maximum Gasteiger partial charge on any atom is 0.298 e. The number of aromatic nitrogens is 2. The van der Waals surface area contributed by atoms with E-state index < -0.39 is 30.0 Å². The Morgan fingerprint density at radius 1 is 1.26 bits per heavy atom. The van der Waals surface area contributed by atoms with E-state index in [1.807, 2.05) is 0 Å². The third-order valence-electron chi connectivity index (χ3n) is 6.10. The zero-order valence-electron chi connectivity index (χ0n) is 19.1. The van der Waals surface area contributed by atoms with Crippen LogP contribution >= 0.6 is 0 Å². The molecule has 1 aliphatic rings. The van der Waals surface area contributed by atoms with Crippen molar-refractivity contribution < 1.29 is 32.2 Å². The van der Waals surface area contributed by atoms with Crippen molar-refractivity contribution in [1.82, 2.24) is 9.97 Å². The number of rotatable bonds is 7. The second kappa shape index (κ2) is 9.01. The lowest BCUT2D eigenvalue weighted by atomic mass is 10.00. The van der Waals surface area contributed by atoms with Crippen molar-refractivity contribution >= 4 is 27.7 Å². The van der Waals surface area contributed by atoms with Crippen molar-refractivity contribution in [3.05, 3.63) is 59.4 Å². The molecule has 0 radical (unpaired) electrons. The van der Waals surface area contributed by atoms with E-state index in [0.29, 0.717) is 47.1 Å². The van der Waals surface area contributed by atoms with Crippen molar-refractivity contribution in [3.8, 4) is 5.75 Å². The number of aliphatic hydroxyl groups excluding tert-OH is 1. The maximum atomic E-state index is 15.1. The highest BCUT2D eigenvalue weighted by atomic mass is 19.3. The second-order valence-electron chi connectivity index (χ2n) is 8.59. The first kappa shape index (κ1) is 23.4. The van der Waals surface area contributed by atoms with Gasteiger partial charge in [-0.1, -0.05) is 12.1 Å². The molecule has 184 valence electrons. The molecule has 1 saturated heterocycles. The number of anilines is 1. The summed E-state index contributed by atoms with van der Waals surface area (Å²) in [5, 5.41) is 13.5. The van der Waals surface area contributed by atoms with Crippen LogP contribution in [-0.2, 0) is 10.7 Å². The number of fused-ring (bicyclic) bond motifs is 3. The normalized spacial score (nSPS) is 17.3. The average Bonchev–Trinajstić information content (AvgIpc) is 3.52. The van der Waals surface area contributed by atoms with Crippen LogP contribution in [0.4, 0.5) is 19.0 Å². The Hall–Kier alpha value is -3.37. The fourth-order valence-corrected chi connectivity index (χ4v) is 4.32. The lowest BCUT2D eigenvalue weighted by Gasteiger charge is -2.21. The van der Waals surface area contributed by atoms with Crippen LogP contribution < -0.4 is 10.1 Å². The van der Waals surface area contributed by atoms with Gasteiger partial charge in [0.2, 0.25) is 0 Å². The molecule has 4 aromatic rings. The number of aryl methyl sites for hydroxylation is 1. The number of ether oxygens (including phenoxy) is 2. The summed E-state index contributed by atoms with van der Waals surface area (Å²) in [7, 11) is 0. The first-order valence-electron chi connectivity index (χ1n) is 11.3. The number of furan rings is 1. The second-order valence-corrected chi connectivity index (χ2v) is 8.59. The highest BCUT2D eigenvalue weighted by Gasteiger charge is 2.35. The Labute approximate surface area is 198 Å². The topological polar surface area (TPSA) is 89.6 Å². The molecule has 2 aromatic heterocycles. The van der Waals surface area contributed by atoms with E-state index in [1.165, 1.54) is 12.1 Å². The van der Waals surface area contributed by atoms with E-state index in [4.69, 9.17) is 19.0 Å². The Bertz CT molecular complexity index is 1390. The number of nitrogens with zero attached hydrogens (tertiary/aromatic N) is 2. The van der Waals surface area contributed by atoms with E-state index in [9.17, 15) is 8.78 Å². The monoisotopic (exact) mass is 487 g/mol. The summed E-state index contributed by atoms with van der Waals surface area (Å²) in [5.41, 5.74) is 0.326. The largest absolute Gasteiger partial charge is 0.484 e. The molecule has 2 N–H and O–H groups in total. The molecule has 3 heterocycles. The number of hydrogen-bond acceptors (Lipinski definition) is 7. The van der Waals surface area contributed by atoms with Crippen molar-refractivity contribution in [2.45, 2.75) is 38.3 Å². The van der Waals surface area contributed by atoms with Gasteiger partial charge in [0.25, 0.3) is 5.92 Å². The maximum absolute atomic E-state index is 15.1. The van der Waals surface area contributed by atoms with Gasteiger partial charge in [-0.25, -0.2) is 14.4 Å². The van der Waals surface area contributed by atoms with Gasteiger partial charge >= 0.3 is 0 Å². The van der Waals surface area contributed by atoms with E-state index in [1.54, 1.807) is 32.2 Å². The summed E-state index contributed by atoms with van der Waals surface area (Å²) in [6.45, 7) is 2.98. The zero-order chi connectivity index (χ0) is 24.7. The number of benzene rings is 2. The zero-order valence-corrected chi connectivity index (χ0v) is 19.1. The lowest BCUT2D eigenvalue weighted by molar-refractivity contribution is -0.0583. The number of alkyl halides is 2. The van der Waals surface area contributed by atoms with Crippen LogP contribution in [-0.4, -0.2) is 41.0 Å². The predicted molar refractivity (Wildman–Crippen MR) is 123 cm³/mol. The van der Waals surface area contributed by atoms with E-state index in [2.05, 4.69) is 15.3 Å². The lowest BCUT2D eigenvalue weighted by Crippen LogP contribution is -2.22. The molecule has 0 unspecified atom stereocenters. The van der Waals surface area contributed by atoms with E-state index in [-0.39, 0.29) is 11.7 Å². The third kappa shape index (κ3) is 4.28. The van der Waals surface area contributed by atoms with Crippen LogP contribution in [0, 0.1) is 12.7 Å². The summed E-state index contributed by atoms with van der Waals surface area (Å²) in [6.07, 6.45) is 2.19. The van der Waals surface area contributed by atoms with E-state index in [0.717, 1.165) is 17.9 Å². The summed E-state index contributed by atoms with van der Waals surface area (Å²) < 4.78 is 60.4. The first-order chi connectivity index (χ1) is 16.8. The molecule has 7 nitrogen and oxygen atoms in total. The van der Waals surface area contributed by atoms with Gasteiger partial charge in [0.1, 0.15) is 30.2 Å². The van der Waals surface area contributed by atoms with Gasteiger partial charge in [0, 0.05) is 17.4 Å². The number of hydrogen-bond donors (Lipinski definition) is 2. The highest BCUT2D eigenvalue weighted by molar-refractivity contribution is 6.09. The molecular formula is C25H24F3N3O4. The third-order valence-corrected chi connectivity index (χ3v) is 6.10. The first-order valence-corrected chi connectivity index (χ1v) is 11.3. The van der Waals surface area contributed by atoms with Crippen LogP contribution in [0.25, 0.3) is 21.9 Å². The Morgan fingerprint density at radius 3 is 2.83 bits per heavy atom. The summed E-state index contributed by atoms with van der Waals surface area (Å²) >= 11 is 0. The molecule has 1 fully saturated rings. The standard InChI is InChI=1S/C25H24F3N3O4/c1-13(16-4-3-5-19(21(16)26)25(27,28)12-32)29-24-18-10-20(35-15-6-8-33-11-15)23-17(7-9-34-23)22(18)30-14(2)31-24/h3-5,7,9-10,13,15,32H,6,8,11-12H2,1-2H3,(H,29,30,31)/t13-,15+/m1/s1. The number of nitrogens with one attached hydrogen (secondary N) is 1. The summed E-state index contributed by atoms with van der Waals surface area (Å²) in [5.74, 6) is -3.40. The number of aliphatic hydroxyl groups is 1. The molecule has 10 heteroatoms. The SMILES string of the molecule is Cc1nc(N[C@H](C)c2cccc(C(F)(F)CO)c2F)c2cc(O[C@H]3CCOC3)c3occc3c2n1. The summed E-state index contributed by atoms with van der Waals surface area (Å²) in [6, 6.07) is 6.55. The molecule has 0 spiro atoms. The molecule has 2 aromatic carbocycles. The van der Waals surface area contributed by atoms with Crippen LogP contribution in [0.5, 0.6) is 5.75 Å². The molecular weight excluding hydrogens is 463 g/mol. The fourth-order valence-electron chi connectivity index (χ4n) is 4.32. The predicted octanol–water partition coefficient (Wildman–Crippen LogP) is 5.25. The molecule has 2 atom stereocenters. The average molecular weight is 487 g/mol. The van der Waals surface area contributed by atoms with Gasteiger partial charge in [-0.2, -0.15) is 8.78 Å². The van der Waals surface area contributed by atoms with Crippen molar-refractivity contribution in [1.29, 1.82) is 0 Å². The fraction of sp³-hybridized carbons (Fsp3) is 0.360. The minimum atomic E-state index is -3.69. The van der Waals surface area contributed by atoms with E-state index >= 15 is 4.39 Å². The minimum absolute atomic E-state index is 0.0176. The van der Waals surface area contributed by atoms with Crippen LogP contribution in [0.1, 0.15) is 36.3 Å². The quantitative estimate of drug-likeness (QED) is 0.368. The van der Waals surface area contributed by atoms with Gasteiger partial charge in [-0.3, -0.25) is 0 Å². The van der Waals surface area contributed by atoms with Crippen LogP contribution in [0.3, 0.4) is 0 Å². The highest BCUT2D eigenvalue weighted by Crippen LogP contribution is 2.38. The molecule has 0 bridgehead atoms. The number of halogens is 3. The van der Waals surface area contributed by atoms with Gasteiger partial charge in [-0.15, -0.1) is 0 Å². The van der Waals surface area contributed by atoms with Crippen LogP contribution in [0.2, 0.25) is 0 Å². The van der Waals surface area contributed by atoms with Crippen molar-refractivity contribution in [2.75, 3.05) is 25.1 Å². The molecule has 0 amide bonds. The Kier molecular flexibility index (Phi) is 6.02. The van der Waals surface area contributed by atoms with Gasteiger partial charge in [0.05, 0.1) is 42.0 Å². The van der Waals surface area contributed by atoms with Crippen molar-refractivity contribution in [2.24, 2.45) is 0 Å². The van der Waals surface area contributed by atoms with Gasteiger partial charge in [0.15, 0.2) is 11.3 Å². The molecule has 5 rings (SSSR count). The molecule has 0 aliphatic carbocycles. The smallest absolute Gasteiger partial charge is 0.298 e. The molecule has 0 saturated carbocycles. The minimum Gasteiger partial charge on any atom is -0.484 e. The Morgan fingerprint density at radius 2 is 2.09 bits per heavy atom. The van der Waals surface area contributed by atoms with Crippen molar-refractivity contribution in [3.63, 3.8) is 0 Å². The van der Waals surface area contributed by atoms with Crippen LogP contribution in [0.15, 0.2) is 41.0 Å². The van der Waals surface area contributed by atoms with Gasteiger partial charge in [-0.05, 0) is 32.0 Å². The Balaban J connectivity index is 1.57. The molecule has 1 aliphatic heterocycles. The van der Waals surface area contributed by atoms with Gasteiger partial charge < -0.3 is 24.3 Å².